The number of carbonyl (C=O) groups is 1. The van der Waals surface area contributed by atoms with Crippen LogP contribution in [-0.4, -0.2) is 54.4 Å². The van der Waals surface area contributed by atoms with Crippen LogP contribution in [0.25, 0.3) is 17.3 Å². The first-order valence-corrected chi connectivity index (χ1v) is 9.27. The van der Waals surface area contributed by atoms with Gasteiger partial charge in [-0.25, -0.2) is 4.39 Å². The minimum atomic E-state index is -0.557. The molecule has 0 aliphatic carbocycles. The summed E-state index contributed by atoms with van der Waals surface area (Å²) in [7, 11) is 1.48. The molecule has 4 rings (SSSR count). The molecule has 2 aliphatic rings. The molecule has 0 radical (unpaired) electrons. The Balaban J connectivity index is 1.53. The van der Waals surface area contributed by atoms with Crippen molar-refractivity contribution in [1.29, 1.82) is 0 Å². The molecule has 146 valence electrons. The highest BCUT2D eigenvalue weighted by Gasteiger charge is 2.36. The van der Waals surface area contributed by atoms with E-state index in [-0.39, 0.29) is 22.8 Å². The summed E-state index contributed by atoms with van der Waals surface area (Å²) in [5.41, 5.74) is 0.769. The van der Waals surface area contributed by atoms with Crippen LogP contribution < -0.4 is 15.5 Å². The van der Waals surface area contributed by atoms with Crippen LogP contribution in [0, 0.1) is 17.7 Å². The van der Waals surface area contributed by atoms with Crippen molar-refractivity contribution in [3.8, 4) is 17.0 Å². The maximum Gasteiger partial charge on any atom is 0.243 e. The van der Waals surface area contributed by atoms with Gasteiger partial charge in [0.25, 0.3) is 0 Å². The molecule has 0 spiro atoms. The van der Waals surface area contributed by atoms with Gasteiger partial charge in [-0.05, 0) is 42.2 Å². The monoisotopic (exact) mass is 383 g/mol. The van der Waals surface area contributed by atoms with Gasteiger partial charge in [-0.2, -0.15) is 0 Å². The lowest BCUT2D eigenvalue weighted by Crippen LogP contribution is -2.26. The number of aromatic hydroxyl groups is 1. The summed E-state index contributed by atoms with van der Waals surface area (Å²) >= 11 is 0. The summed E-state index contributed by atoms with van der Waals surface area (Å²) in [6.07, 6.45) is 2.51. The Hall–Kier alpha value is -3.00. The quantitative estimate of drug-likeness (QED) is 0.692. The number of carbonyl (C=O) groups excluding carboxylic acids is 1. The van der Waals surface area contributed by atoms with Crippen LogP contribution >= 0.6 is 0 Å². The van der Waals surface area contributed by atoms with Gasteiger partial charge >= 0.3 is 0 Å². The summed E-state index contributed by atoms with van der Waals surface area (Å²) in [6, 6.07) is 6.07. The van der Waals surface area contributed by atoms with E-state index >= 15 is 0 Å². The molecule has 3 heterocycles. The van der Waals surface area contributed by atoms with E-state index in [0.29, 0.717) is 17.5 Å². The molecule has 2 saturated heterocycles. The standard InChI is InChI=1S/C20H22FN5O2/c1-22-20(28)5-2-12-6-18(27)15(7-16(12)21)17-3-4-19(25-24-17)26-10-13-8-23-9-14(13)11-26/h2-7,13-14,23,27H,8-11H2,1H3,(H,22,28)/b5-2+/t13-,14+. The van der Waals surface area contributed by atoms with E-state index in [0.717, 1.165) is 32.0 Å². The predicted molar refractivity (Wildman–Crippen MR) is 104 cm³/mol. The van der Waals surface area contributed by atoms with Crippen LogP contribution in [0.5, 0.6) is 5.75 Å². The zero-order valence-corrected chi connectivity index (χ0v) is 15.5. The molecule has 1 aromatic heterocycles. The molecule has 1 amide bonds. The van der Waals surface area contributed by atoms with Crippen LogP contribution in [0.2, 0.25) is 0 Å². The maximum atomic E-state index is 14.4. The van der Waals surface area contributed by atoms with E-state index in [1.165, 1.54) is 31.3 Å². The van der Waals surface area contributed by atoms with E-state index in [2.05, 4.69) is 25.7 Å². The number of phenolic OH excluding ortho intramolecular Hbond substituents is 1. The fourth-order valence-corrected chi connectivity index (χ4v) is 3.84. The van der Waals surface area contributed by atoms with Gasteiger partial charge in [-0.3, -0.25) is 4.79 Å². The van der Waals surface area contributed by atoms with Gasteiger partial charge in [0.05, 0.1) is 5.69 Å². The van der Waals surface area contributed by atoms with Gasteiger partial charge in [0.1, 0.15) is 11.6 Å². The predicted octanol–water partition coefficient (Wildman–Crippen LogP) is 1.40. The number of hydrogen-bond donors (Lipinski definition) is 3. The summed E-state index contributed by atoms with van der Waals surface area (Å²) in [6.45, 7) is 4.00. The topological polar surface area (TPSA) is 90.4 Å². The number of halogens is 1. The van der Waals surface area contributed by atoms with E-state index in [1.807, 2.05) is 6.07 Å². The molecule has 0 unspecified atom stereocenters. The van der Waals surface area contributed by atoms with E-state index in [9.17, 15) is 14.3 Å². The third kappa shape index (κ3) is 3.55. The van der Waals surface area contributed by atoms with E-state index in [1.54, 1.807) is 6.07 Å². The maximum absolute atomic E-state index is 14.4. The number of rotatable bonds is 4. The Morgan fingerprint density at radius 2 is 2.04 bits per heavy atom. The number of hydrogen-bond acceptors (Lipinski definition) is 6. The van der Waals surface area contributed by atoms with Gasteiger partial charge < -0.3 is 20.6 Å². The number of nitrogens with zero attached hydrogens (tertiary/aromatic N) is 3. The average molecular weight is 383 g/mol. The second kappa shape index (κ2) is 7.55. The van der Waals surface area contributed by atoms with Gasteiger partial charge in [0.2, 0.25) is 5.91 Å². The molecule has 28 heavy (non-hydrogen) atoms. The van der Waals surface area contributed by atoms with Gasteiger partial charge in [-0.15, -0.1) is 10.2 Å². The lowest BCUT2D eigenvalue weighted by atomic mass is 10.0. The molecular weight excluding hydrogens is 361 g/mol. The molecule has 2 fully saturated rings. The minimum absolute atomic E-state index is 0.117. The number of phenols is 1. The first-order valence-electron chi connectivity index (χ1n) is 9.27. The van der Waals surface area contributed by atoms with Crippen molar-refractivity contribution in [3.05, 3.63) is 41.7 Å². The first-order chi connectivity index (χ1) is 13.5. The van der Waals surface area contributed by atoms with Crippen molar-refractivity contribution >= 4 is 17.8 Å². The van der Waals surface area contributed by atoms with Crippen LogP contribution in [0.3, 0.4) is 0 Å². The Labute approximate surface area is 162 Å². The second-order valence-electron chi connectivity index (χ2n) is 7.20. The molecule has 7 nitrogen and oxygen atoms in total. The number of fused-ring (bicyclic) bond motifs is 1. The highest BCUT2D eigenvalue weighted by molar-refractivity contribution is 5.91. The number of anilines is 1. The smallest absolute Gasteiger partial charge is 0.243 e. The summed E-state index contributed by atoms with van der Waals surface area (Å²) in [5, 5.41) is 24.6. The number of amides is 1. The first kappa shape index (κ1) is 18.4. The van der Waals surface area contributed by atoms with Crippen molar-refractivity contribution in [2.75, 3.05) is 38.1 Å². The van der Waals surface area contributed by atoms with Crippen molar-refractivity contribution in [2.45, 2.75) is 0 Å². The van der Waals surface area contributed by atoms with E-state index in [4.69, 9.17) is 0 Å². The third-order valence-corrected chi connectivity index (χ3v) is 5.42. The molecule has 2 aliphatic heterocycles. The Morgan fingerprint density at radius 1 is 1.29 bits per heavy atom. The van der Waals surface area contributed by atoms with Crippen molar-refractivity contribution in [3.63, 3.8) is 0 Å². The van der Waals surface area contributed by atoms with Crippen molar-refractivity contribution < 1.29 is 14.3 Å². The van der Waals surface area contributed by atoms with Crippen LogP contribution in [0.15, 0.2) is 30.3 Å². The van der Waals surface area contributed by atoms with Crippen molar-refractivity contribution in [2.24, 2.45) is 11.8 Å². The molecular formula is C20H22FN5O2. The third-order valence-electron chi connectivity index (χ3n) is 5.42. The Kier molecular flexibility index (Phi) is 4.95. The van der Waals surface area contributed by atoms with E-state index < -0.39 is 5.82 Å². The number of benzene rings is 1. The number of aromatic nitrogens is 2. The molecule has 2 aromatic rings. The molecule has 0 saturated carbocycles. The summed E-state index contributed by atoms with van der Waals surface area (Å²) < 4.78 is 14.4. The number of nitrogens with one attached hydrogen (secondary N) is 2. The van der Waals surface area contributed by atoms with Gasteiger partial charge in [0, 0.05) is 50.4 Å². The van der Waals surface area contributed by atoms with Gasteiger partial charge in [-0.1, -0.05) is 0 Å². The molecule has 2 atom stereocenters. The number of likely N-dealkylation sites (N-methyl/N-ethyl adjacent to an activating group) is 1. The van der Waals surface area contributed by atoms with Crippen molar-refractivity contribution in [1.82, 2.24) is 20.8 Å². The zero-order chi connectivity index (χ0) is 19.7. The minimum Gasteiger partial charge on any atom is -0.507 e. The lowest BCUT2D eigenvalue weighted by molar-refractivity contribution is -0.115. The molecule has 1 aromatic carbocycles. The molecule has 3 N–H and O–H groups in total. The fourth-order valence-electron chi connectivity index (χ4n) is 3.84. The van der Waals surface area contributed by atoms with Crippen LogP contribution in [0.1, 0.15) is 5.56 Å². The Morgan fingerprint density at radius 3 is 2.68 bits per heavy atom. The van der Waals surface area contributed by atoms with Gasteiger partial charge in [0.15, 0.2) is 5.82 Å². The Bertz CT molecular complexity index is 904. The zero-order valence-electron chi connectivity index (χ0n) is 15.5. The second-order valence-corrected chi connectivity index (χ2v) is 7.20. The summed E-state index contributed by atoms with van der Waals surface area (Å²) in [4.78, 5) is 13.5. The lowest BCUT2D eigenvalue weighted by Gasteiger charge is -2.18. The van der Waals surface area contributed by atoms with Crippen LogP contribution in [0.4, 0.5) is 10.2 Å². The molecule has 0 bridgehead atoms. The highest BCUT2D eigenvalue weighted by Crippen LogP contribution is 2.33. The normalized spacial score (nSPS) is 21.3. The summed E-state index contributed by atoms with van der Waals surface area (Å²) in [5.74, 6) is 1.06. The van der Waals surface area contributed by atoms with Crippen LogP contribution in [-0.2, 0) is 4.79 Å². The largest absolute Gasteiger partial charge is 0.507 e. The molecule has 8 heteroatoms. The SMILES string of the molecule is CNC(=O)/C=C/c1cc(O)c(-c2ccc(N3C[C@H]4CNC[C@H]4C3)nn2)cc1F. The highest BCUT2D eigenvalue weighted by atomic mass is 19.1. The fraction of sp³-hybridized carbons (Fsp3) is 0.350. The average Bonchev–Trinajstić information content (AvgIpc) is 3.30.